The first-order valence-corrected chi connectivity index (χ1v) is 14.5. The lowest BCUT2D eigenvalue weighted by Gasteiger charge is -2.32. The molecule has 4 rings (SSSR count). The number of ketones is 1. The van der Waals surface area contributed by atoms with Gasteiger partial charge in [-0.2, -0.15) is 10.5 Å². The van der Waals surface area contributed by atoms with Crippen LogP contribution in [0.1, 0.15) is 107 Å². The van der Waals surface area contributed by atoms with Crippen LogP contribution < -0.4 is 0 Å². The molecule has 1 saturated carbocycles. The molecule has 2 fully saturated rings. The molecular formula is C34H42ClN3O6. The number of hydrogen-bond acceptors (Lipinski definition) is 8. The predicted molar refractivity (Wildman–Crippen MR) is 168 cm³/mol. The zero-order valence-corrected chi connectivity index (χ0v) is 26.9. The van der Waals surface area contributed by atoms with Crippen LogP contribution in [0.4, 0.5) is 4.79 Å². The molecular weight excluding hydrogens is 582 g/mol. The summed E-state index contributed by atoms with van der Waals surface area (Å²) in [5, 5.41) is 17.5. The number of carbonyl (C=O) groups excluding carboxylic acids is 4. The van der Waals surface area contributed by atoms with Gasteiger partial charge >= 0.3 is 12.1 Å². The molecule has 0 N–H and O–H groups in total. The van der Waals surface area contributed by atoms with Crippen molar-refractivity contribution < 1.29 is 28.7 Å². The summed E-state index contributed by atoms with van der Waals surface area (Å²) in [6.07, 6.45) is 3.93. The molecule has 1 heterocycles. The number of amides is 2. The van der Waals surface area contributed by atoms with Crippen molar-refractivity contribution in [3.8, 4) is 12.1 Å². The van der Waals surface area contributed by atoms with E-state index in [-0.39, 0.29) is 36.6 Å². The molecule has 2 aromatic carbocycles. The van der Waals surface area contributed by atoms with Gasteiger partial charge in [0, 0.05) is 32.7 Å². The summed E-state index contributed by atoms with van der Waals surface area (Å²) in [5.74, 6) is 0.404. The third-order valence-electron chi connectivity index (χ3n) is 6.89. The van der Waals surface area contributed by atoms with Crippen molar-refractivity contribution in [2.24, 2.45) is 0 Å². The zero-order valence-electron chi connectivity index (χ0n) is 26.1. The summed E-state index contributed by atoms with van der Waals surface area (Å²) in [6.45, 7) is 9.34. The molecule has 236 valence electrons. The maximum Gasteiger partial charge on any atom is 0.417 e. The van der Waals surface area contributed by atoms with Crippen molar-refractivity contribution in [2.45, 2.75) is 90.6 Å². The summed E-state index contributed by atoms with van der Waals surface area (Å²) in [4.78, 5) is 46.5. The molecule has 1 aliphatic heterocycles. The monoisotopic (exact) mass is 623 g/mol. The molecule has 2 unspecified atom stereocenters. The summed E-state index contributed by atoms with van der Waals surface area (Å²) in [5.41, 5.74) is 2.89. The highest BCUT2D eigenvalue weighted by molar-refractivity contribution is 5.93. The van der Waals surface area contributed by atoms with Crippen LogP contribution in [-0.2, 0) is 23.9 Å². The van der Waals surface area contributed by atoms with Crippen molar-refractivity contribution in [3.63, 3.8) is 0 Å². The average Bonchev–Trinajstić information content (AvgIpc) is 2.97. The minimum atomic E-state index is -0.610. The van der Waals surface area contributed by atoms with Crippen LogP contribution in [0.5, 0.6) is 0 Å². The van der Waals surface area contributed by atoms with Gasteiger partial charge in [0.2, 0.25) is 5.91 Å². The van der Waals surface area contributed by atoms with Crippen LogP contribution in [0, 0.1) is 22.7 Å². The largest absolute Gasteiger partial charge is 0.466 e. The molecule has 1 aliphatic carbocycles. The maximum atomic E-state index is 12.2. The van der Waals surface area contributed by atoms with Gasteiger partial charge < -0.3 is 9.47 Å². The Hall–Kier alpha value is -4.21. The van der Waals surface area contributed by atoms with Gasteiger partial charge in [0.25, 0.3) is 0 Å². The lowest BCUT2D eigenvalue weighted by atomic mass is 9.83. The highest BCUT2D eigenvalue weighted by Gasteiger charge is 2.33. The molecule has 0 aromatic heterocycles. The Morgan fingerprint density at radius 2 is 1.39 bits per heavy atom. The second-order valence-electron chi connectivity index (χ2n) is 11.4. The van der Waals surface area contributed by atoms with Crippen molar-refractivity contribution >= 4 is 36.2 Å². The topological polar surface area (TPSA) is 138 Å². The Morgan fingerprint density at radius 3 is 1.75 bits per heavy atom. The number of ether oxygens (including phenoxy) is 2. The summed E-state index contributed by atoms with van der Waals surface area (Å²) < 4.78 is 9.65. The zero-order chi connectivity index (χ0) is 32.0. The highest BCUT2D eigenvalue weighted by Crippen LogP contribution is 2.31. The van der Waals surface area contributed by atoms with Gasteiger partial charge in [-0.05, 0) is 94.2 Å². The van der Waals surface area contributed by atoms with Crippen LogP contribution in [0.2, 0.25) is 0 Å². The summed E-state index contributed by atoms with van der Waals surface area (Å²) in [7, 11) is 0. The first-order chi connectivity index (χ1) is 20.4. The molecule has 0 bridgehead atoms. The molecule has 2 amide bonds. The molecule has 2 aliphatic rings. The Kier molecular flexibility index (Phi) is 15.9. The smallest absolute Gasteiger partial charge is 0.417 e. The predicted octanol–water partition coefficient (Wildman–Crippen LogP) is 6.98. The van der Waals surface area contributed by atoms with Gasteiger partial charge in [0.05, 0.1) is 29.9 Å². The third-order valence-corrected chi connectivity index (χ3v) is 6.89. The Bertz CT molecular complexity index is 1340. The molecule has 0 radical (unpaired) electrons. The van der Waals surface area contributed by atoms with E-state index in [2.05, 4.69) is 16.9 Å². The van der Waals surface area contributed by atoms with Crippen LogP contribution in [0.15, 0.2) is 48.5 Å². The van der Waals surface area contributed by atoms with E-state index >= 15 is 0 Å². The number of hydrogen-bond donors (Lipinski definition) is 0. The van der Waals surface area contributed by atoms with Crippen LogP contribution in [-0.4, -0.2) is 47.4 Å². The van der Waals surface area contributed by atoms with Gasteiger partial charge in [-0.3, -0.25) is 14.4 Å². The number of imide groups is 1. The van der Waals surface area contributed by atoms with E-state index in [0.29, 0.717) is 48.8 Å². The normalized spacial score (nSPS) is 17.6. The molecule has 1 saturated heterocycles. The molecule has 10 heteroatoms. The first kappa shape index (κ1) is 37.8. The summed E-state index contributed by atoms with van der Waals surface area (Å²) >= 11 is 0. The van der Waals surface area contributed by atoms with Gasteiger partial charge in [0.15, 0.2) is 0 Å². The lowest BCUT2D eigenvalue weighted by molar-refractivity contribution is -0.140. The number of nitrogens with zero attached hydrogens (tertiary/aromatic N) is 3. The number of benzene rings is 2. The molecule has 0 spiro atoms. The van der Waals surface area contributed by atoms with Gasteiger partial charge in [-0.25, -0.2) is 9.69 Å². The van der Waals surface area contributed by atoms with Gasteiger partial charge in [0.1, 0.15) is 11.4 Å². The number of rotatable bonds is 3. The number of nitriles is 2. The number of halogens is 1. The number of Topliss-reactive ketones (excluding diaryl/α,β-unsaturated/α-hetero) is 1. The molecule has 9 nitrogen and oxygen atoms in total. The lowest BCUT2D eigenvalue weighted by Crippen LogP contribution is -2.44. The second-order valence-corrected chi connectivity index (χ2v) is 11.4. The maximum absolute atomic E-state index is 12.2. The number of likely N-dealkylation sites (tertiary alicyclic amines) is 1. The van der Waals surface area contributed by atoms with E-state index in [4.69, 9.17) is 15.3 Å². The van der Waals surface area contributed by atoms with E-state index in [1.54, 1.807) is 39.8 Å². The highest BCUT2D eigenvalue weighted by atomic mass is 35.5. The molecule has 2 aromatic rings. The fourth-order valence-electron chi connectivity index (χ4n) is 4.80. The van der Waals surface area contributed by atoms with Crippen LogP contribution in [0.25, 0.3) is 0 Å². The first-order valence-electron chi connectivity index (χ1n) is 14.5. The van der Waals surface area contributed by atoms with Crippen molar-refractivity contribution in [3.05, 3.63) is 70.8 Å². The average molecular weight is 624 g/mol. The van der Waals surface area contributed by atoms with Crippen molar-refractivity contribution in [1.29, 1.82) is 10.5 Å². The number of carbonyl (C=O) groups is 4. The minimum Gasteiger partial charge on any atom is -0.466 e. The van der Waals surface area contributed by atoms with E-state index in [1.807, 2.05) is 36.4 Å². The van der Waals surface area contributed by atoms with Crippen LogP contribution >= 0.6 is 12.4 Å². The van der Waals surface area contributed by atoms with E-state index in [1.165, 1.54) is 17.4 Å². The summed E-state index contributed by atoms with van der Waals surface area (Å²) in [6, 6.07) is 19.0. The van der Waals surface area contributed by atoms with E-state index in [0.717, 1.165) is 24.8 Å². The second kappa shape index (κ2) is 18.5. The SMILES string of the molecule is CC(C)(C)OC(=O)N1CCC(c2ccc(C#N)cc2)CC1=O.CCOC(C)=O.Cl.N#Cc1ccc(C2CCCC(=O)C2)cc1. The quantitative estimate of drug-likeness (QED) is 0.334. The molecule has 2 atom stereocenters. The fourth-order valence-corrected chi connectivity index (χ4v) is 4.80. The Labute approximate surface area is 266 Å². The Morgan fingerprint density at radius 1 is 0.886 bits per heavy atom. The van der Waals surface area contributed by atoms with Crippen LogP contribution in [0.3, 0.4) is 0 Å². The van der Waals surface area contributed by atoms with E-state index in [9.17, 15) is 19.2 Å². The number of esters is 1. The standard InChI is InChI=1S/C17H20N2O3.C13H13NO.C4H8O2.ClH/c1-17(2,3)22-16(21)19-9-8-14(10-15(19)20)13-6-4-12(11-18)5-7-13;14-9-10-4-6-11(7-5-10)12-2-1-3-13(15)8-12;1-3-6-4(2)5;/h4-7,14H,8-10H2,1-3H3;4-7,12H,1-3,8H2;3H2,1-2H3;1H. The third kappa shape index (κ3) is 13.0. The molecule has 44 heavy (non-hydrogen) atoms. The van der Waals surface area contributed by atoms with Crippen molar-refractivity contribution in [2.75, 3.05) is 13.2 Å². The number of piperidine rings is 1. The Balaban J connectivity index is 0.000000380. The fraction of sp³-hybridized carbons (Fsp3) is 0.471. The van der Waals surface area contributed by atoms with Gasteiger partial charge in [-0.15, -0.1) is 12.4 Å². The van der Waals surface area contributed by atoms with Crippen molar-refractivity contribution in [1.82, 2.24) is 4.90 Å². The van der Waals surface area contributed by atoms with Gasteiger partial charge in [-0.1, -0.05) is 24.3 Å². The minimum absolute atomic E-state index is 0. The van der Waals surface area contributed by atoms with E-state index < -0.39 is 11.7 Å².